The summed E-state index contributed by atoms with van der Waals surface area (Å²) in [5.74, 6) is 1.35. The average Bonchev–Trinajstić information content (AvgIpc) is 2.96. The van der Waals surface area contributed by atoms with E-state index in [1.807, 2.05) is 25.1 Å². The second-order valence-electron chi connectivity index (χ2n) is 13.7. The van der Waals surface area contributed by atoms with Crippen LogP contribution in [0.15, 0.2) is 64.1 Å². The van der Waals surface area contributed by atoms with E-state index >= 15 is 0 Å². The number of benzene rings is 3. The van der Waals surface area contributed by atoms with Gasteiger partial charge in [0.05, 0.1) is 23.7 Å². The Morgan fingerprint density at radius 2 is 1.27 bits per heavy atom. The molecule has 0 aliphatic rings. The van der Waals surface area contributed by atoms with E-state index in [1.165, 1.54) is 0 Å². The van der Waals surface area contributed by atoms with Crippen molar-refractivity contribution in [3.63, 3.8) is 0 Å². The molecule has 1 radical (unpaired) electrons. The Morgan fingerprint density at radius 3 is 1.69 bits per heavy atom. The molecule has 251 valence electrons. The van der Waals surface area contributed by atoms with Crippen molar-refractivity contribution >= 4 is 22.1 Å². The fraction of sp³-hybridized carbons (Fsp3) is 0.500. The smallest absolute Gasteiger partial charge is 0.144 e. The Bertz CT molecular complexity index is 1350. The first-order valence-corrected chi connectivity index (χ1v) is 16.7. The predicted octanol–water partition coefficient (Wildman–Crippen LogP) is 9.85. The number of rotatable bonds is 13. The number of phenols is 1. The van der Waals surface area contributed by atoms with E-state index in [-0.39, 0.29) is 33.6 Å². The fourth-order valence-electron chi connectivity index (χ4n) is 5.02. The topological polar surface area (TPSA) is 71.3 Å². The van der Waals surface area contributed by atoms with Gasteiger partial charge in [-0.1, -0.05) is 86.4 Å². The Morgan fingerprint density at radius 1 is 0.800 bits per heavy atom. The van der Waals surface area contributed by atoms with Crippen molar-refractivity contribution in [3.8, 4) is 17.2 Å². The van der Waals surface area contributed by atoms with E-state index in [0.29, 0.717) is 45.9 Å². The number of aliphatic imine (C=N–C) groups is 1. The Balaban J connectivity index is 0.00000705. The number of nitrogens with zero attached hydrogens (tertiary/aromatic N) is 1. The molecule has 45 heavy (non-hydrogen) atoms. The number of ether oxygens (including phenoxy) is 2. The van der Waals surface area contributed by atoms with E-state index in [0.717, 1.165) is 36.8 Å². The summed E-state index contributed by atoms with van der Waals surface area (Å²) >= 11 is 3.40. The van der Waals surface area contributed by atoms with Crippen LogP contribution < -0.4 is 9.47 Å². The van der Waals surface area contributed by atoms with E-state index in [2.05, 4.69) is 95.6 Å². The second-order valence-corrected chi connectivity index (χ2v) is 14.6. The average molecular weight is 730 g/mol. The van der Waals surface area contributed by atoms with Crippen LogP contribution in [-0.2, 0) is 33.5 Å². The van der Waals surface area contributed by atoms with Gasteiger partial charge in [0.15, 0.2) is 0 Å². The molecule has 0 bridgehead atoms. The number of halogens is 1. The van der Waals surface area contributed by atoms with Gasteiger partial charge in [0.2, 0.25) is 0 Å². The summed E-state index contributed by atoms with van der Waals surface area (Å²) in [6.07, 6.45) is 5.44. The number of aliphatic hydroxyl groups is 1. The van der Waals surface area contributed by atoms with Crippen LogP contribution in [0.4, 0.5) is 0 Å². The zero-order chi connectivity index (χ0) is 32.7. The summed E-state index contributed by atoms with van der Waals surface area (Å²) in [6.45, 7) is 20.3. The molecule has 3 rings (SSSR count). The second kappa shape index (κ2) is 16.5. The molecule has 0 aromatic heterocycles. The molecule has 1 atom stereocenters. The molecule has 7 heteroatoms. The predicted molar refractivity (Wildman–Crippen MR) is 187 cm³/mol. The molecule has 5 nitrogen and oxygen atoms in total. The van der Waals surface area contributed by atoms with Gasteiger partial charge in [-0.15, -0.1) is 0 Å². The van der Waals surface area contributed by atoms with Crippen molar-refractivity contribution < 1.29 is 36.8 Å². The Labute approximate surface area is 290 Å². The van der Waals surface area contributed by atoms with Crippen molar-refractivity contribution in [2.45, 2.75) is 110 Å². The standard InChI is InChI=1S/C38H52BrNO4.Cu/c1-10-12-21-43-33-19-17-28(36(4,5)6)23-30(33)38(42,26(3)40-25-27-15-14-16-32(39)35(27)41)31-24-29(37(7,8)9)18-20-34(31)44-22-13-11-2;/h14-20,23-26,41-42H,10-13,21-22H2,1-9H3;/t26-;/m1./s1. The minimum Gasteiger partial charge on any atom is -0.506 e. The van der Waals surface area contributed by atoms with Gasteiger partial charge in [0.1, 0.15) is 22.8 Å². The quantitative estimate of drug-likeness (QED) is 0.104. The molecule has 0 amide bonds. The van der Waals surface area contributed by atoms with Crippen molar-refractivity contribution in [1.82, 2.24) is 0 Å². The van der Waals surface area contributed by atoms with E-state index in [4.69, 9.17) is 14.5 Å². The van der Waals surface area contributed by atoms with Gasteiger partial charge in [-0.25, -0.2) is 0 Å². The van der Waals surface area contributed by atoms with Gasteiger partial charge in [-0.2, -0.15) is 0 Å². The molecule has 0 heterocycles. The SMILES string of the molecule is CCCCOc1ccc(C(C)(C)C)cc1C(O)(c1cc(C(C)(C)C)ccc1OCCCC)[C@@H](C)N=Cc1cccc(Br)c1O.[Cu]. The zero-order valence-corrected chi connectivity index (χ0v) is 31.0. The van der Waals surface area contributed by atoms with Gasteiger partial charge < -0.3 is 19.7 Å². The summed E-state index contributed by atoms with van der Waals surface area (Å²) in [7, 11) is 0. The summed E-state index contributed by atoms with van der Waals surface area (Å²) in [5.41, 5.74) is 2.04. The van der Waals surface area contributed by atoms with Crippen LogP contribution in [0.3, 0.4) is 0 Å². The van der Waals surface area contributed by atoms with Gasteiger partial charge in [0, 0.05) is 40.0 Å². The van der Waals surface area contributed by atoms with E-state index < -0.39 is 11.6 Å². The third-order valence-corrected chi connectivity index (χ3v) is 8.72. The number of hydrogen-bond acceptors (Lipinski definition) is 5. The molecule has 3 aromatic rings. The summed E-state index contributed by atoms with van der Waals surface area (Å²) in [5, 5.41) is 24.0. The summed E-state index contributed by atoms with van der Waals surface area (Å²) in [6, 6.07) is 17.0. The number of para-hydroxylation sites is 1. The first-order chi connectivity index (χ1) is 20.6. The van der Waals surface area contributed by atoms with Crippen LogP contribution in [0, 0.1) is 0 Å². The van der Waals surface area contributed by atoms with Crippen LogP contribution in [0.2, 0.25) is 0 Å². The molecule has 2 N–H and O–H groups in total. The van der Waals surface area contributed by atoms with Gasteiger partial charge in [0.25, 0.3) is 0 Å². The normalized spacial score (nSPS) is 13.0. The zero-order valence-electron chi connectivity index (χ0n) is 28.4. The first-order valence-electron chi connectivity index (χ1n) is 15.9. The molecule has 0 saturated carbocycles. The number of unbranched alkanes of at least 4 members (excludes halogenated alkanes) is 2. The monoisotopic (exact) mass is 728 g/mol. The van der Waals surface area contributed by atoms with Crippen LogP contribution in [-0.4, -0.2) is 35.7 Å². The van der Waals surface area contributed by atoms with Crippen molar-refractivity contribution in [1.29, 1.82) is 0 Å². The summed E-state index contributed by atoms with van der Waals surface area (Å²) < 4.78 is 13.4. The van der Waals surface area contributed by atoms with Crippen molar-refractivity contribution in [2.75, 3.05) is 13.2 Å². The first kappa shape index (κ1) is 38.9. The van der Waals surface area contributed by atoms with Crippen LogP contribution in [0.25, 0.3) is 0 Å². The van der Waals surface area contributed by atoms with Gasteiger partial charge >= 0.3 is 0 Å². The Kier molecular flexibility index (Phi) is 14.2. The molecular weight excluding hydrogens is 678 g/mol. The summed E-state index contributed by atoms with van der Waals surface area (Å²) in [4.78, 5) is 4.91. The Hall–Kier alpha value is -2.31. The molecule has 0 spiro atoms. The number of phenolic OH excluding ortho intramolecular Hbond substituents is 1. The molecule has 0 aliphatic heterocycles. The maximum Gasteiger partial charge on any atom is 0.144 e. The molecule has 0 fully saturated rings. The molecular formula is C38H52BrCuNO4. The van der Waals surface area contributed by atoms with Crippen LogP contribution in [0.5, 0.6) is 17.2 Å². The van der Waals surface area contributed by atoms with E-state index in [1.54, 1.807) is 18.3 Å². The number of hydrogen-bond donors (Lipinski definition) is 2. The van der Waals surface area contributed by atoms with E-state index in [9.17, 15) is 10.2 Å². The van der Waals surface area contributed by atoms with Crippen molar-refractivity contribution in [2.24, 2.45) is 4.99 Å². The van der Waals surface area contributed by atoms with Gasteiger partial charge in [-0.05, 0) is 94.1 Å². The molecule has 3 aromatic carbocycles. The van der Waals surface area contributed by atoms with Crippen LogP contribution >= 0.6 is 15.9 Å². The minimum absolute atomic E-state index is 0. The third-order valence-electron chi connectivity index (χ3n) is 8.08. The minimum atomic E-state index is -1.64. The molecule has 0 saturated heterocycles. The van der Waals surface area contributed by atoms with Crippen LogP contribution in [0.1, 0.15) is 116 Å². The van der Waals surface area contributed by atoms with Crippen molar-refractivity contribution in [3.05, 3.63) is 86.9 Å². The molecule has 0 aliphatic carbocycles. The largest absolute Gasteiger partial charge is 0.506 e. The molecule has 0 unspecified atom stereocenters. The maximum atomic E-state index is 13.3. The maximum absolute atomic E-state index is 13.3. The van der Waals surface area contributed by atoms with Gasteiger partial charge in [-0.3, -0.25) is 4.99 Å². The number of aromatic hydroxyl groups is 1. The fourth-order valence-corrected chi connectivity index (χ4v) is 5.41. The third kappa shape index (κ3) is 9.60.